The summed E-state index contributed by atoms with van der Waals surface area (Å²) in [6.45, 7) is 3.86. The van der Waals surface area contributed by atoms with Crippen molar-refractivity contribution >= 4 is 12.3 Å². The minimum absolute atomic E-state index is 0.00366. The monoisotopic (exact) mass is 168 g/mol. The average Bonchev–Trinajstić information content (AvgIpc) is 1.96. The summed E-state index contributed by atoms with van der Waals surface area (Å²) in [7, 11) is 0. The topological polar surface area (TPSA) is 49.4 Å². The molecule has 66 valence electrons. The first-order chi connectivity index (χ1) is 5.65. The van der Waals surface area contributed by atoms with E-state index in [0.717, 1.165) is 12.0 Å². The molecule has 4 heteroatoms. The van der Waals surface area contributed by atoms with E-state index in [9.17, 15) is 9.59 Å². The van der Waals surface area contributed by atoms with Crippen LogP contribution in [0.3, 0.4) is 0 Å². The molecule has 1 N–H and O–H groups in total. The van der Waals surface area contributed by atoms with E-state index in [0.29, 0.717) is 0 Å². The molecule has 0 saturated heterocycles. The van der Waals surface area contributed by atoms with Crippen LogP contribution in [0.4, 0.5) is 4.79 Å². The van der Waals surface area contributed by atoms with Gasteiger partial charge in [-0.15, -0.1) is 0 Å². The highest BCUT2D eigenvalue weighted by Gasteiger charge is 2.22. The Hall–Kier alpha value is -1.32. The van der Waals surface area contributed by atoms with Crippen LogP contribution in [-0.4, -0.2) is 29.8 Å². The van der Waals surface area contributed by atoms with Crippen molar-refractivity contribution in [3.05, 3.63) is 11.8 Å². The normalized spacial score (nSPS) is 23.2. The highest BCUT2D eigenvalue weighted by atomic mass is 16.2. The van der Waals surface area contributed by atoms with Gasteiger partial charge in [-0.1, -0.05) is 0 Å². The summed E-state index contributed by atoms with van der Waals surface area (Å²) in [5.74, 6) is 0. The van der Waals surface area contributed by atoms with Crippen molar-refractivity contribution in [1.29, 1.82) is 0 Å². The van der Waals surface area contributed by atoms with Crippen LogP contribution in [-0.2, 0) is 4.79 Å². The summed E-state index contributed by atoms with van der Waals surface area (Å²) in [5.41, 5.74) is 0.842. The molecule has 0 spiro atoms. The number of nitrogens with one attached hydrogen (secondary N) is 1. The zero-order valence-corrected chi connectivity index (χ0v) is 7.20. The maximum Gasteiger partial charge on any atom is 0.322 e. The maximum atomic E-state index is 11.2. The molecule has 1 atom stereocenters. The first-order valence-corrected chi connectivity index (χ1v) is 3.85. The zero-order chi connectivity index (χ0) is 9.14. The van der Waals surface area contributed by atoms with Gasteiger partial charge in [-0.25, -0.2) is 4.79 Å². The third kappa shape index (κ3) is 1.64. The van der Waals surface area contributed by atoms with Gasteiger partial charge < -0.3 is 15.0 Å². The van der Waals surface area contributed by atoms with Crippen LogP contribution in [0.25, 0.3) is 0 Å². The molecule has 0 aromatic rings. The van der Waals surface area contributed by atoms with Crippen LogP contribution in [0.2, 0.25) is 0 Å². The number of rotatable bonds is 2. The number of nitrogens with zero attached hydrogens (tertiary/aromatic N) is 1. The largest absolute Gasteiger partial charge is 0.322 e. The molecule has 0 aliphatic carbocycles. The molecule has 0 bridgehead atoms. The van der Waals surface area contributed by atoms with Gasteiger partial charge in [-0.2, -0.15) is 0 Å². The van der Waals surface area contributed by atoms with Gasteiger partial charge in [-0.05, 0) is 19.9 Å². The van der Waals surface area contributed by atoms with Crippen LogP contribution in [0.15, 0.2) is 11.8 Å². The number of carbonyl (C=O) groups excluding carboxylic acids is 2. The quantitative estimate of drug-likeness (QED) is 0.610. The lowest BCUT2D eigenvalue weighted by atomic mass is 10.2. The molecule has 0 radical (unpaired) electrons. The van der Waals surface area contributed by atoms with Crippen LogP contribution in [0.5, 0.6) is 0 Å². The molecule has 0 aromatic heterocycles. The van der Waals surface area contributed by atoms with E-state index in [2.05, 4.69) is 5.32 Å². The zero-order valence-electron chi connectivity index (χ0n) is 7.20. The maximum absolute atomic E-state index is 11.2. The molecular formula is C8H12N2O2. The molecule has 2 amide bonds. The molecular weight excluding hydrogens is 156 g/mol. The third-order valence-corrected chi connectivity index (χ3v) is 1.82. The Balaban J connectivity index is 2.75. The van der Waals surface area contributed by atoms with E-state index >= 15 is 0 Å². The molecule has 1 rings (SSSR count). The Morgan fingerprint density at radius 1 is 1.75 bits per heavy atom. The van der Waals surface area contributed by atoms with Crippen molar-refractivity contribution in [1.82, 2.24) is 10.2 Å². The second-order valence-corrected chi connectivity index (χ2v) is 2.84. The Morgan fingerprint density at radius 2 is 2.42 bits per heavy atom. The van der Waals surface area contributed by atoms with Gasteiger partial charge in [0.25, 0.3) is 0 Å². The number of allylic oxidation sites excluding steroid dienone is 1. The summed E-state index contributed by atoms with van der Waals surface area (Å²) in [4.78, 5) is 22.9. The highest BCUT2D eigenvalue weighted by molar-refractivity contribution is 5.80. The molecule has 4 nitrogen and oxygen atoms in total. The molecule has 0 fully saturated rings. The van der Waals surface area contributed by atoms with Crippen LogP contribution in [0, 0.1) is 0 Å². The van der Waals surface area contributed by atoms with Gasteiger partial charge in [0, 0.05) is 5.70 Å². The van der Waals surface area contributed by atoms with Crippen LogP contribution >= 0.6 is 0 Å². The van der Waals surface area contributed by atoms with E-state index in [1.165, 1.54) is 4.90 Å². The third-order valence-electron chi connectivity index (χ3n) is 1.82. The lowest BCUT2D eigenvalue weighted by molar-refractivity contribution is -0.108. The minimum atomic E-state index is -0.199. The van der Waals surface area contributed by atoms with E-state index in [-0.39, 0.29) is 18.6 Å². The van der Waals surface area contributed by atoms with E-state index in [4.69, 9.17) is 0 Å². The fourth-order valence-corrected chi connectivity index (χ4v) is 1.25. The summed E-state index contributed by atoms with van der Waals surface area (Å²) < 4.78 is 0. The molecule has 1 aliphatic heterocycles. The van der Waals surface area contributed by atoms with Gasteiger partial charge >= 0.3 is 6.03 Å². The fourth-order valence-electron chi connectivity index (χ4n) is 1.25. The molecule has 0 aromatic carbocycles. The second-order valence-electron chi connectivity index (χ2n) is 2.84. The van der Waals surface area contributed by atoms with Gasteiger partial charge in [0.2, 0.25) is 0 Å². The Morgan fingerprint density at radius 3 is 2.92 bits per heavy atom. The predicted octanol–water partition coefficient (Wildman–Crippen LogP) is 0.503. The fraction of sp³-hybridized carbons (Fsp3) is 0.500. The number of amides is 2. The standard InChI is InChI=1S/C8H12N2O2/c1-6-5-7(2)10(3-4-11)8(12)9-6/h4-5,7H,3H2,1-2H3,(H,9,12). The van der Waals surface area contributed by atoms with Crippen LogP contribution < -0.4 is 5.32 Å². The van der Waals surface area contributed by atoms with Crippen molar-refractivity contribution < 1.29 is 9.59 Å². The van der Waals surface area contributed by atoms with Crippen molar-refractivity contribution in [2.45, 2.75) is 19.9 Å². The number of carbonyl (C=O) groups is 2. The Kier molecular flexibility index (Phi) is 2.47. The first kappa shape index (κ1) is 8.77. The number of aldehydes is 1. The van der Waals surface area contributed by atoms with Crippen molar-refractivity contribution in [3.63, 3.8) is 0 Å². The summed E-state index contributed by atoms with van der Waals surface area (Å²) in [6, 6.07) is -0.196. The van der Waals surface area contributed by atoms with Crippen molar-refractivity contribution in [3.8, 4) is 0 Å². The van der Waals surface area contributed by atoms with Gasteiger partial charge in [0.1, 0.15) is 6.29 Å². The Labute approximate surface area is 71.2 Å². The first-order valence-electron chi connectivity index (χ1n) is 3.85. The van der Waals surface area contributed by atoms with Gasteiger partial charge in [-0.3, -0.25) is 0 Å². The molecule has 0 saturated carbocycles. The number of hydrogen-bond donors (Lipinski definition) is 1. The average molecular weight is 168 g/mol. The highest BCUT2D eigenvalue weighted by Crippen LogP contribution is 2.08. The number of urea groups is 1. The lowest BCUT2D eigenvalue weighted by Gasteiger charge is -2.30. The van der Waals surface area contributed by atoms with Gasteiger partial charge in [0.05, 0.1) is 12.6 Å². The lowest BCUT2D eigenvalue weighted by Crippen LogP contribution is -2.48. The summed E-state index contributed by atoms with van der Waals surface area (Å²) >= 11 is 0. The predicted molar refractivity (Wildman–Crippen MR) is 44.5 cm³/mol. The second kappa shape index (κ2) is 3.38. The van der Waals surface area contributed by atoms with Gasteiger partial charge in [0.15, 0.2) is 0 Å². The Bertz CT molecular complexity index is 235. The SMILES string of the molecule is CC1=CC(C)N(CC=O)C(=O)N1. The van der Waals surface area contributed by atoms with Crippen LogP contribution in [0.1, 0.15) is 13.8 Å². The molecule has 1 aliphatic rings. The minimum Gasteiger partial charge on any atom is -0.312 e. The smallest absolute Gasteiger partial charge is 0.312 e. The molecule has 1 heterocycles. The molecule has 12 heavy (non-hydrogen) atoms. The van der Waals surface area contributed by atoms with Crippen molar-refractivity contribution in [2.24, 2.45) is 0 Å². The molecule has 1 unspecified atom stereocenters. The van der Waals surface area contributed by atoms with E-state index in [1.54, 1.807) is 0 Å². The number of hydrogen-bond acceptors (Lipinski definition) is 2. The van der Waals surface area contributed by atoms with E-state index < -0.39 is 0 Å². The summed E-state index contributed by atoms with van der Waals surface area (Å²) in [5, 5.41) is 2.63. The summed E-state index contributed by atoms with van der Waals surface area (Å²) in [6.07, 6.45) is 2.63. The van der Waals surface area contributed by atoms with E-state index in [1.807, 2.05) is 19.9 Å². The van der Waals surface area contributed by atoms with Crippen molar-refractivity contribution in [2.75, 3.05) is 6.54 Å².